The molecule has 0 bridgehead atoms. The first-order valence-electron chi connectivity index (χ1n) is 6.12. The summed E-state index contributed by atoms with van der Waals surface area (Å²) < 4.78 is 0. The van der Waals surface area contributed by atoms with Crippen LogP contribution in [0.15, 0.2) is 30.3 Å². The van der Waals surface area contributed by atoms with Crippen LogP contribution in [0.4, 0.5) is 23.3 Å². The van der Waals surface area contributed by atoms with E-state index in [-0.39, 0.29) is 11.4 Å². The fourth-order valence-electron chi connectivity index (χ4n) is 1.75. The van der Waals surface area contributed by atoms with Gasteiger partial charge < -0.3 is 16.8 Å². The Morgan fingerprint density at radius 1 is 1.00 bits per heavy atom. The minimum absolute atomic E-state index is 0.141. The Balaban J connectivity index is 2.20. The number of nitrogens with one attached hydrogen (secondary N) is 1. The fourth-order valence-corrected chi connectivity index (χ4v) is 1.75. The second-order valence-electron chi connectivity index (χ2n) is 5.49. The van der Waals surface area contributed by atoms with Crippen molar-refractivity contribution in [2.75, 3.05) is 16.8 Å². The number of hydrogen-bond donors (Lipinski definition) is 3. The summed E-state index contributed by atoms with van der Waals surface area (Å²) in [6, 6.07) is 9.85. The molecule has 0 aliphatic rings. The van der Waals surface area contributed by atoms with Crippen LogP contribution >= 0.6 is 0 Å². The van der Waals surface area contributed by atoms with E-state index in [4.69, 9.17) is 11.5 Å². The van der Waals surface area contributed by atoms with Crippen molar-refractivity contribution in [3.63, 3.8) is 0 Å². The normalized spacial score (nSPS) is 11.3. The van der Waals surface area contributed by atoms with E-state index < -0.39 is 0 Å². The molecule has 2 rings (SSSR count). The van der Waals surface area contributed by atoms with Crippen LogP contribution < -0.4 is 16.8 Å². The topological polar surface area (TPSA) is 89.8 Å². The molecule has 0 saturated carbocycles. The standard InChI is InChI=1S/C14H19N5/c1-14(2,3)9-4-6-10(7-5-9)17-12-8-11(15)18-13(16)19-12/h4-8H,1-3H3,(H5,15,16,17,18,19). The number of hydrogen-bond acceptors (Lipinski definition) is 5. The Hall–Kier alpha value is -2.30. The summed E-state index contributed by atoms with van der Waals surface area (Å²) >= 11 is 0. The summed E-state index contributed by atoms with van der Waals surface area (Å²) in [5.74, 6) is 1.10. The summed E-state index contributed by atoms with van der Waals surface area (Å²) in [5, 5.41) is 3.15. The van der Waals surface area contributed by atoms with Gasteiger partial charge in [-0.1, -0.05) is 32.9 Å². The van der Waals surface area contributed by atoms with E-state index in [0.29, 0.717) is 11.6 Å². The summed E-state index contributed by atoms with van der Waals surface area (Å²) in [4.78, 5) is 7.90. The molecule has 0 unspecified atom stereocenters. The molecule has 1 aromatic carbocycles. The minimum atomic E-state index is 0.141. The Morgan fingerprint density at radius 3 is 2.16 bits per heavy atom. The molecule has 0 amide bonds. The van der Waals surface area contributed by atoms with Gasteiger partial charge in [0.05, 0.1) is 0 Å². The van der Waals surface area contributed by atoms with E-state index in [1.165, 1.54) is 5.56 Å². The van der Waals surface area contributed by atoms with Gasteiger partial charge in [-0.2, -0.15) is 9.97 Å². The highest BCUT2D eigenvalue weighted by molar-refractivity contribution is 5.60. The molecule has 0 spiro atoms. The molecule has 0 aliphatic carbocycles. The molecule has 5 nitrogen and oxygen atoms in total. The zero-order valence-electron chi connectivity index (χ0n) is 11.4. The highest BCUT2D eigenvalue weighted by atomic mass is 15.1. The molecule has 0 radical (unpaired) electrons. The number of rotatable bonds is 2. The van der Waals surface area contributed by atoms with Gasteiger partial charge in [-0.25, -0.2) is 0 Å². The molecule has 5 N–H and O–H groups in total. The molecule has 2 aromatic rings. The third-order valence-corrected chi connectivity index (χ3v) is 2.79. The lowest BCUT2D eigenvalue weighted by Crippen LogP contribution is -2.10. The molecule has 1 aromatic heterocycles. The quantitative estimate of drug-likeness (QED) is 0.769. The molecule has 1 heterocycles. The molecule has 0 aliphatic heterocycles. The largest absolute Gasteiger partial charge is 0.383 e. The van der Waals surface area contributed by atoms with Gasteiger partial charge in [0, 0.05) is 11.8 Å². The van der Waals surface area contributed by atoms with Crippen molar-refractivity contribution in [3.8, 4) is 0 Å². The number of benzene rings is 1. The van der Waals surface area contributed by atoms with Crippen LogP contribution in [0, 0.1) is 0 Å². The van der Waals surface area contributed by atoms with Crippen molar-refractivity contribution in [1.82, 2.24) is 9.97 Å². The van der Waals surface area contributed by atoms with Crippen LogP contribution in [0.3, 0.4) is 0 Å². The van der Waals surface area contributed by atoms with Crippen molar-refractivity contribution in [3.05, 3.63) is 35.9 Å². The maximum atomic E-state index is 5.62. The molecule has 5 heteroatoms. The van der Waals surface area contributed by atoms with Crippen molar-refractivity contribution in [2.24, 2.45) is 0 Å². The summed E-state index contributed by atoms with van der Waals surface area (Å²) in [5.41, 5.74) is 13.5. The molecule has 0 saturated heterocycles. The summed E-state index contributed by atoms with van der Waals surface area (Å²) in [6.45, 7) is 6.55. The predicted molar refractivity (Wildman–Crippen MR) is 79.3 cm³/mol. The second kappa shape index (κ2) is 4.76. The van der Waals surface area contributed by atoms with Crippen LogP contribution in [0.2, 0.25) is 0 Å². The van der Waals surface area contributed by atoms with Crippen LogP contribution in [0.1, 0.15) is 26.3 Å². The Bertz CT molecular complexity index is 549. The van der Waals surface area contributed by atoms with Gasteiger partial charge in [-0.05, 0) is 23.1 Å². The predicted octanol–water partition coefficient (Wildman–Crippen LogP) is 2.68. The van der Waals surface area contributed by atoms with Crippen LogP contribution in [-0.2, 0) is 5.41 Å². The maximum Gasteiger partial charge on any atom is 0.223 e. The smallest absolute Gasteiger partial charge is 0.223 e. The Labute approximate surface area is 113 Å². The van der Waals surface area contributed by atoms with Crippen LogP contribution in [0.5, 0.6) is 0 Å². The molecular weight excluding hydrogens is 238 g/mol. The van der Waals surface area contributed by atoms with Gasteiger partial charge in [0.25, 0.3) is 0 Å². The maximum absolute atomic E-state index is 5.62. The third-order valence-electron chi connectivity index (χ3n) is 2.79. The zero-order chi connectivity index (χ0) is 14.0. The Morgan fingerprint density at radius 2 is 1.63 bits per heavy atom. The van der Waals surface area contributed by atoms with Gasteiger partial charge in [-0.3, -0.25) is 0 Å². The van der Waals surface area contributed by atoms with E-state index in [0.717, 1.165) is 5.69 Å². The molecule has 19 heavy (non-hydrogen) atoms. The SMILES string of the molecule is CC(C)(C)c1ccc(Nc2cc(N)nc(N)n2)cc1. The van der Waals surface area contributed by atoms with Gasteiger partial charge in [0.15, 0.2) is 0 Å². The van der Waals surface area contributed by atoms with Crippen LogP contribution in [0.25, 0.3) is 0 Å². The van der Waals surface area contributed by atoms with E-state index in [2.05, 4.69) is 48.2 Å². The van der Waals surface area contributed by atoms with Crippen LogP contribution in [-0.4, -0.2) is 9.97 Å². The number of nitrogen functional groups attached to an aromatic ring is 2. The van der Waals surface area contributed by atoms with Gasteiger partial charge >= 0.3 is 0 Å². The first-order chi connectivity index (χ1) is 8.84. The monoisotopic (exact) mass is 257 g/mol. The molecular formula is C14H19N5. The minimum Gasteiger partial charge on any atom is -0.383 e. The van der Waals surface area contributed by atoms with E-state index in [1.807, 2.05) is 12.1 Å². The summed E-state index contributed by atoms with van der Waals surface area (Å²) in [6.07, 6.45) is 0. The highest BCUT2D eigenvalue weighted by Gasteiger charge is 2.12. The van der Waals surface area contributed by atoms with E-state index in [1.54, 1.807) is 6.07 Å². The first kappa shape index (κ1) is 13.1. The van der Waals surface area contributed by atoms with Crippen molar-refractivity contribution in [2.45, 2.75) is 26.2 Å². The molecule has 100 valence electrons. The molecule has 0 atom stereocenters. The number of anilines is 4. The number of nitrogens with two attached hydrogens (primary N) is 2. The van der Waals surface area contributed by atoms with Gasteiger partial charge in [-0.15, -0.1) is 0 Å². The lowest BCUT2D eigenvalue weighted by molar-refractivity contribution is 0.590. The number of nitrogens with zero attached hydrogens (tertiary/aromatic N) is 2. The summed E-state index contributed by atoms with van der Waals surface area (Å²) in [7, 11) is 0. The van der Waals surface area contributed by atoms with E-state index >= 15 is 0 Å². The first-order valence-corrected chi connectivity index (χ1v) is 6.12. The zero-order valence-corrected chi connectivity index (χ0v) is 11.4. The lowest BCUT2D eigenvalue weighted by atomic mass is 9.87. The van der Waals surface area contributed by atoms with Crippen molar-refractivity contribution < 1.29 is 0 Å². The van der Waals surface area contributed by atoms with Crippen molar-refractivity contribution >= 4 is 23.3 Å². The molecule has 0 fully saturated rings. The third kappa shape index (κ3) is 3.34. The average molecular weight is 257 g/mol. The van der Waals surface area contributed by atoms with Crippen molar-refractivity contribution in [1.29, 1.82) is 0 Å². The average Bonchev–Trinajstić information content (AvgIpc) is 2.26. The van der Waals surface area contributed by atoms with Gasteiger partial charge in [0.1, 0.15) is 11.6 Å². The number of aromatic nitrogens is 2. The highest BCUT2D eigenvalue weighted by Crippen LogP contribution is 2.24. The Kier molecular flexibility index (Phi) is 3.29. The van der Waals surface area contributed by atoms with Gasteiger partial charge in [0.2, 0.25) is 5.95 Å². The fraction of sp³-hybridized carbons (Fsp3) is 0.286. The lowest BCUT2D eigenvalue weighted by Gasteiger charge is -2.19. The second-order valence-corrected chi connectivity index (χ2v) is 5.49. The van der Waals surface area contributed by atoms with E-state index in [9.17, 15) is 0 Å².